The zero-order valence-corrected chi connectivity index (χ0v) is 13.2. The maximum Gasteiger partial charge on any atom is 0.244 e. The number of rotatable bonds is 4. The second-order valence-corrected chi connectivity index (χ2v) is 7.15. The van der Waals surface area contributed by atoms with E-state index in [-0.39, 0.29) is 23.8 Å². The number of hydrogen-bond acceptors (Lipinski definition) is 5. The molecule has 2 saturated heterocycles. The quantitative estimate of drug-likeness (QED) is 0.775. The van der Waals surface area contributed by atoms with E-state index in [2.05, 4.69) is 20.4 Å². The van der Waals surface area contributed by atoms with Gasteiger partial charge in [0.15, 0.2) is 0 Å². The summed E-state index contributed by atoms with van der Waals surface area (Å²) in [5, 5.41) is 10.8. The number of likely N-dealkylation sites (tertiary alicyclic amines) is 2. The molecule has 3 fully saturated rings. The zero-order valence-electron chi connectivity index (χ0n) is 13.2. The monoisotopic (exact) mass is 318 g/mol. The third kappa shape index (κ3) is 2.82. The van der Waals surface area contributed by atoms with Crippen molar-refractivity contribution in [2.45, 2.75) is 38.6 Å². The normalized spacial score (nSPS) is 27.9. The van der Waals surface area contributed by atoms with Gasteiger partial charge in [0.05, 0.1) is 5.41 Å². The maximum absolute atomic E-state index is 12.9. The van der Waals surface area contributed by atoms with E-state index in [0.717, 1.165) is 32.4 Å². The predicted molar refractivity (Wildman–Crippen MR) is 80.0 cm³/mol. The molecule has 1 aliphatic carbocycles. The minimum atomic E-state index is -0.344. The summed E-state index contributed by atoms with van der Waals surface area (Å²) in [6, 6.07) is 0. The Hall–Kier alpha value is -1.99. The number of aromatic nitrogens is 4. The smallest absolute Gasteiger partial charge is 0.244 e. The lowest BCUT2D eigenvalue weighted by atomic mass is 9.78. The molecule has 0 unspecified atom stereocenters. The molecule has 1 spiro atoms. The van der Waals surface area contributed by atoms with Crippen LogP contribution in [0.2, 0.25) is 0 Å². The molecule has 1 atom stereocenters. The van der Waals surface area contributed by atoms with Gasteiger partial charge in [-0.3, -0.25) is 9.59 Å². The van der Waals surface area contributed by atoms with Gasteiger partial charge in [0.25, 0.3) is 0 Å². The average molecular weight is 318 g/mol. The maximum atomic E-state index is 12.9. The SMILES string of the molecule is O=C(Cn1cnnn1)N1CC[C@@]2(CCCN(CC3CC3)C2=O)C1. The molecule has 3 heterocycles. The van der Waals surface area contributed by atoms with Gasteiger partial charge in [-0.25, -0.2) is 4.68 Å². The molecule has 8 nitrogen and oxygen atoms in total. The van der Waals surface area contributed by atoms with Crippen LogP contribution in [0.1, 0.15) is 32.1 Å². The van der Waals surface area contributed by atoms with E-state index in [9.17, 15) is 9.59 Å². The molecule has 0 aromatic carbocycles. The summed E-state index contributed by atoms with van der Waals surface area (Å²) in [5.74, 6) is 0.975. The number of carbonyl (C=O) groups excluding carboxylic acids is 2. The fourth-order valence-corrected chi connectivity index (χ4v) is 3.89. The Morgan fingerprint density at radius 1 is 1.30 bits per heavy atom. The summed E-state index contributed by atoms with van der Waals surface area (Å²) >= 11 is 0. The van der Waals surface area contributed by atoms with Crippen LogP contribution in [0, 0.1) is 11.3 Å². The highest BCUT2D eigenvalue weighted by molar-refractivity contribution is 5.86. The molecule has 3 aliphatic rings. The predicted octanol–water partition coefficient (Wildman–Crippen LogP) is -0.0758. The molecular weight excluding hydrogens is 296 g/mol. The van der Waals surface area contributed by atoms with Crippen LogP contribution in [-0.2, 0) is 16.1 Å². The molecular formula is C15H22N6O2. The van der Waals surface area contributed by atoms with E-state index in [1.165, 1.54) is 23.9 Å². The van der Waals surface area contributed by atoms with Gasteiger partial charge >= 0.3 is 0 Å². The molecule has 0 bridgehead atoms. The molecule has 0 radical (unpaired) electrons. The zero-order chi connectivity index (χ0) is 15.9. The average Bonchev–Trinajstić information content (AvgIpc) is 3.03. The van der Waals surface area contributed by atoms with E-state index in [1.807, 2.05) is 0 Å². The molecule has 1 aromatic heterocycles. The van der Waals surface area contributed by atoms with Gasteiger partial charge in [0.2, 0.25) is 11.8 Å². The van der Waals surface area contributed by atoms with Crippen molar-refractivity contribution in [3.63, 3.8) is 0 Å². The Morgan fingerprint density at radius 2 is 2.17 bits per heavy atom. The molecule has 23 heavy (non-hydrogen) atoms. The Bertz CT molecular complexity index is 599. The molecule has 1 aromatic rings. The van der Waals surface area contributed by atoms with Crippen LogP contribution < -0.4 is 0 Å². The van der Waals surface area contributed by atoms with Crippen molar-refractivity contribution in [1.82, 2.24) is 30.0 Å². The van der Waals surface area contributed by atoms with Crippen LogP contribution >= 0.6 is 0 Å². The highest BCUT2D eigenvalue weighted by Gasteiger charge is 2.49. The van der Waals surface area contributed by atoms with E-state index in [4.69, 9.17) is 0 Å². The van der Waals surface area contributed by atoms with Gasteiger partial charge in [-0.05, 0) is 48.4 Å². The lowest BCUT2D eigenvalue weighted by Gasteiger charge is -2.39. The highest BCUT2D eigenvalue weighted by Crippen LogP contribution is 2.41. The summed E-state index contributed by atoms with van der Waals surface area (Å²) in [5.41, 5.74) is -0.344. The van der Waals surface area contributed by atoms with Crippen LogP contribution in [0.5, 0.6) is 0 Å². The van der Waals surface area contributed by atoms with Crippen LogP contribution in [0.3, 0.4) is 0 Å². The van der Waals surface area contributed by atoms with Gasteiger partial charge in [-0.2, -0.15) is 0 Å². The Labute approximate surface area is 134 Å². The minimum absolute atomic E-state index is 0.0127. The van der Waals surface area contributed by atoms with Crippen molar-refractivity contribution in [2.24, 2.45) is 11.3 Å². The van der Waals surface area contributed by atoms with Crippen molar-refractivity contribution in [3.05, 3.63) is 6.33 Å². The van der Waals surface area contributed by atoms with Crippen molar-refractivity contribution in [3.8, 4) is 0 Å². The number of tetrazole rings is 1. The minimum Gasteiger partial charge on any atom is -0.342 e. The van der Waals surface area contributed by atoms with Crippen LogP contribution in [-0.4, -0.2) is 68.0 Å². The first kappa shape index (κ1) is 14.6. The van der Waals surface area contributed by atoms with Gasteiger partial charge in [0.1, 0.15) is 12.9 Å². The van der Waals surface area contributed by atoms with Crippen LogP contribution in [0.25, 0.3) is 0 Å². The van der Waals surface area contributed by atoms with Crippen molar-refractivity contribution in [2.75, 3.05) is 26.2 Å². The largest absolute Gasteiger partial charge is 0.342 e. The lowest BCUT2D eigenvalue weighted by Crippen LogP contribution is -2.51. The Balaban J connectivity index is 1.41. The van der Waals surface area contributed by atoms with Gasteiger partial charge in [-0.15, -0.1) is 5.10 Å². The third-order valence-corrected chi connectivity index (χ3v) is 5.39. The molecule has 124 valence electrons. The number of hydrogen-bond donors (Lipinski definition) is 0. The first-order valence-electron chi connectivity index (χ1n) is 8.44. The fourth-order valence-electron chi connectivity index (χ4n) is 3.89. The first-order valence-corrected chi connectivity index (χ1v) is 8.44. The van der Waals surface area contributed by atoms with Crippen LogP contribution in [0.15, 0.2) is 6.33 Å². The van der Waals surface area contributed by atoms with Crippen molar-refractivity contribution >= 4 is 11.8 Å². The van der Waals surface area contributed by atoms with E-state index < -0.39 is 0 Å². The summed E-state index contributed by atoms with van der Waals surface area (Å²) in [7, 11) is 0. The van der Waals surface area contributed by atoms with E-state index in [1.54, 1.807) is 4.90 Å². The summed E-state index contributed by atoms with van der Waals surface area (Å²) < 4.78 is 1.43. The first-order chi connectivity index (χ1) is 11.2. The molecule has 2 aliphatic heterocycles. The molecule has 8 heteroatoms. The highest BCUT2D eigenvalue weighted by atomic mass is 16.2. The van der Waals surface area contributed by atoms with Crippen molar-refractivity contribution in [1.29, 1.82) is 0 Å². The topological polar surface area (TPSA) is 84.2 Å². The Morgan fingerprint density at radius 3 is 2.91 bits per heavy atom. The second kappa shape index (κ2) is 5.58. The third-order valence-electron chi connectivity index (χ3n) is 5.39. The Kier molecular flexibility index (Phi) is 3.54. The second-order valence-electron chi connectivity index (χ2n) is 7.15. The van der Waals surface area contributed by atoms with Crippen molar-refractivity contribution < 1.29 is 9.59 Å². The van der Waals surface area contributed by atoms with E-state index in [0.29, 0.717) is 19.0 Å². The van der Waals surface area contributed by atoms with Crippen LogP contribution in [0.4, 0.5) is 0 Å². The van der Waals surface area contributed by atoms with Gasteiger partial charge in [-0.1, -0.05) is 0 Å². The standard InChI is InChI=1S/C15H22N6O2/c22-13(9-21-11-16-17-18-21)20-7-5-15(10-20)4-1-6-19(14(15)23)8-12-2-3-12/h11-12H,1-10H2/t15-/m0/s1. The molecule has 0 N–H and O–H groups in total. The lowest BCUT2D eigenvalue weighted by molar-refractivity contribution is -0.146. The number of amides is 2. The molecule has 2 amide bonds. The summed E-state index contributed by atoms with van der Waals surface area (Å²) in [6.07, 6.45) is 6.69. The summed E-state index contributed by atoms with van der Waals surface area (Å²) in [4.78, 5) is 29.2. The van der Waals surface area contributed by atoms with Gasteiger partial charge in [0, 0.05) is 26.2 Å². The number of carbonyl (C=O) groups is 2. The van der Waals surface area contributed by atoms with E-state index >= 15 is 0 Å². The number of piperidine rings is 1. The van der Waals surface area contributed by atoms with Gasteiger partial charge < -0.3 is 9.80 Å². The molecule has 1 saturated carbocycles. The molecule has 4 rings (SSSR count). The fraction of sp³-hybridized carbons (Fsp3) is 0.800. The summed E-state index contributed by atoms with van der Waals surface area (Å²) in [6.45, 7) is 3.15. The number of nitrogens with zero attached hydrogens (tertiary/aromatic N) is 6.